The molecular formula is C23H20ClF3N2O4S. The summed E-state index contributed by atoms with van der Waals surface area (Å²) < 4.78 is 73.0. The van der Waals surface area contributed by atoms with Crippen molar-refractivity contribution in [3.8, 4) is 5.75 Å². The van der Waals surface area contributed by atoms with E-state index in [1.807, 2.05) is 0 Å². The van der Waals surface area contributed by atoms with Gasteiger partial charge in [-0.1, -0.05) is 41.9 Å². The average Bonchev–Trinajstić information content (AvgIpc) is 2.79. The maximum atomic E-state index is 13.4. The van der Waals surface area contributed by atoms with Crippen LogP contribution in [0.2, 0.25) is 5.02 Å². The fraction of sp³-hybridized carbons (Fsp3) is 0.174. The van der Waals surface area contributed by atoms with E-state index < -0.39 is 39.2 Å². The predicted molar refractivity (Wildman–Crippen MR) is 124 cm³/mol. The molecule has 6 nitrogen and oxygen atoms in total. The van der Waals surface area contributed by atoms with Crippen LogP contribution >= 0.6 is 11.6 Å². The summed E-state index contributed by atoms with van der Waals surface area (Å²) in [7, 11) is -4.41. The fourth-order valence-electron chi connectivity index (χ4n) is 3.09. The monoisotopic (exact) mass is 512 g/mol. The molecule has 180 valence electrons. The van der Waals surface area contributed by atoms with Gasteiger partial charge < -0.3 is 10.1 Å². The van der Waals surface area contributed by atoms with Crippen LogP contribution in [-0.2, 0) is 21.0 Å². The lowest BCUT2D eigenvalue weighted by Crippen LogP contribution is -2.38. The molecule has 1 N–H and O–H groups in total. The summed E-state index contributed by atoms with van der Waals surface area (Å²) >= 11 is 5.70. The molecule has 0 atom stereocenters. The smallest absolute Gasteiger partial charge is 0.417 e. The number of carbonyl (C=O) groups excluding carboxylic acids is 1. The number of anilines is 2. The highest BCUT2D eigenvalue weighted by Gasteiger charge is 2.35. The third-order valence-electron chi connectivity index (χ3n) is 4.62. The van der Waals surface area contributed by atoms with Gasteiger partial charge in [-0.15, -0.1) is 0 Å². The zero-order chi connectivity index (χ0) is 24.9. The number of hydrogen-bond donors (Lipinski definition) is 1. The lowest BCUT2D eigenvalue weighted by Gasteiger charge is -2.25. The Morgan fingerprint density at radius 2 is 1.68 bits per heavy atom. The van der Waals surface area contributed by atoms with Gasteiger partial charge in [0.15, 0.2) is 0 Å². The van der Waals surface area contributed by atoms with E-state index in [1.54, 1.807) is 37.3 Å². The van der Waals surface area contributed by atoms with Gasteiger partial charge in [-0.3, -0.25) is 9.10 Å². The molecule has 0 aliphatic carbocycles. The standard InChI is InChI=1S/C23H20ClF3N2O4S/c1-2-33-21-11-7-6-10-20(21)28-22(30)15-29(34(31,32)17-8-4-3-5-9-17)16-12-13-19(24)18(14-16)23(25,26)27/h3-14H,2,15H2,1H3,(H,28,30). The summed E-state index contributed by atoms with van der Waals surface area (Å²) in [4.78, 5) is 12.7. The number of nitrogens with zero attached hydrogens (tertiary/aromatic N) is 1. The molecule has 3 rings (SSSR count). The molecule has 0 radical (unpaired) electrons. The summed E-state index contributed by atoms with van der Waals surface area (Å²) in [6.07, 6.45) is -4.83. The number of alkyl halides is 3. The van der Waals surface area contributed by atoms with Crippen molar-refractivity contribution < 1.29 is 31.1 Å². The van der Waals surface area contributed by atoms with Crippen molar-refractivity contribution in [2.45, 2.75) is 18.0 Å². The highest BCUT2D eigenvalue weighted by Crippen LogP contribution is 2.38. The Morgan fingerprint density at radius 1 is 1.03 bits per heavy atom. The quantitative estimate of drug-likeness (QED) is 0.427. The zero-order valence-corrected chi connectivity index (χ0v) is 19.4. The van der Waals surface area contributed by atoms with Crippen LogP contribution in [0.3, 0.4) is 0 Å². The first kappa shape index (κ1) is 25.4. The van der Waals surface area contributed by atoms with Crippen molar-refractivity contribution in [2.75, 3.05) is 22.8 Å². The largest absolute Gasteiger partial charge is 0.492 e. The Labute approximate surface area is 200 Å². The molecule has 0 bridgehead atoms. The number of hydrogen-bond acceptors (Lipinski definition) is 4. The number of amides is 1. The van der Waals surface area contributed by atoms with Crippen LogP contribution in [0.4, 0.5) is 24.5 Å². The van der Waals surface area contributed by atoms with E-state index in [1.165, 1.54) is 24.3 Å². The van der Waals surface area contributed by atoms with Gasteiger partial charge in [0.2, 0.25) is 5.91 Å². The Hall–Kier alpha value is -3.24. The Kier molecular flexibility index (Phi) is 7.73. The summed E-state index contributed by atoms with van der Waals surface area (Å²) in [6.45, 7) is 1.29. The van der Waals surface area contributed by atoms with E-state index in [0.29, 0.717) is 28.4 Å². The molecule has 0 aliphatic rings. The van der Waals surface area contributed by atoms with Crippen molar-refractivity contribution >= 4 is 38.9 Å². The van der Waals surface area contributed by atoms with Crippen LogP contribution in [-0.4, -0.2) is 27.5 Å². The molecule has 0 aromatic heterocycles. The topological polar surface area (TPSA) is 75.7 Å². The molecular weight excluding hydrogens is 493 g/mol. The van der Waals surface area contributed by atoms with Gasteiger partial charge >= 0.3 is 6.18 Å². The van der Waals surface area contributed by atoms with Gasteiger partial charge in [-0.05, 0) is 49.4 Å². The molecule has 34 heavy (non-hydrogen) atoms. The van der Waals surface area contributed by atoms with Crippen molar-refractivity contribution in [2.24, 2.45) is 0 Å². The van der Waals surface area contributed by atoms with E-state index >= 15 is 0 Å². The zero-order valence-electron chi connectivity index (χ0n) is 17.8. The van der Waals surface area contributed by atoms with Crippen LogP contribution < -0.4 is 14.4 Å². The van der Waals surface area contributed by atoms with Crippen LogP contribution in [0, 0.1) is 0 Å². The van der Waals surface area contributed by atoms with Gasteiger partial charge in [0.25, 0.3) is 10.0 Å². The van der Waals surface area contributed by atoms with E-state index in [9.17, 15) is 26.4 Å². The molecule has 0 heterocycles. The molecule has 0 fully saturated rings. The summed E-state index contributed by atoms with van der Waals surface area (Å²) in [5.41, 5.74) is -1.30. The van der Waals surface area contributed by atoms with E-state index in [0.717, 1.165) is 12.1 Å². The van der Waals surface area contributed by atoms with Crippen molar-refractivity contribution in [1.82, 2.24) is 0 Å². The second kappa shape index (κ2) is 10.4. The molecule has 3 aromatic rings. The first-order valence-electron chi connectivity index (χ1n) is 10.00. The molecule has 1 amide bonds. The number of benzene rings is 3. The first-order chi connectivity index (χ1) is 16.0. The average molecular weight is 513 g/mol. The van der Waals surface area contributed by atoms with E-state index in [-0.39, 0.29) is 10.6 Å². The molecule has 3 aromatic carbocycles. The van der Waals surface area contributed by atoms with Gasteiger partial charge in [0, 0.05) is 0 Å². The number of ether oxygens (including phenoxy) is 1. The van der Waals surface area contributed by atoms with Gasteiger partial charge in [0.05, 0.1) is 33.5 Å². The Morgan fingerprint density at radius 3 is 2.32 bits per heavy atom. The van der Waals surface area contributed by atoms with Crippen LogP contribution in [0.1, 0.15) is 12.5 Å². The fourth-order valence-corrected chi connectivity index (χ4v) is 4.75. The third-order valence-corrected chi connectivity index (χ3v) is 6.74. The molecule has 0 spiro atoms. The number of carbonyl (C=O) groups is 1. The lowest BCUT2D eigenvalue weighted by atomic mass is 10.2. The van der Waals surface area contributed by atoms with E-state index in [4.69, 9.17) is 16.3 Å². The minimum absolute atomic E-state index is 0.193. The summed E-state index contributed by atoms with van der Waals surface area (Å²) in [6, 6.07) is 16.2. The Balaban J connectivity index is 2.03. The molecule has 0 aliphatic heterocycles. The maximum Gasteiger partial charge on any atom is 0.417 e. The second-order valence-electron chi connectivity index (χ2n) is 6.96. The van der Waals surface area contributed by atoms with Crippen LogP contribution in [0.15, 0.2) is 77.7 Å². The van der Waals surface area contributed by atoms with Crippen molar-refractivity contribution in [3.63, 3.8) is 0 Å². The summed E-state index contributed by atoms with van der Waals surface area (Å²) in [5.74, 6) is -0.420. The molecule has 11 heteroatoms. The number of para-hydroxylation sites is 2. The van der Waals surface area contributed by atoms with Crippen molar-refractivity contribution in [1.29, 1.82) is 0 Å². The first-order valence-corrected chi connectivity index (χ1v) is 11.8. The minimum Gasteiger partial charge on any atom is -0.492 e. The molecule has 0 unspecified atom stereocenters. The van der Waals surface area contributed by atoms with Gasteiger partial charge in [-0.2, -0.15) is 13.2 Å². The second-order valence-corrected chi connectivity index (χ2v) is 9.23. The molecule has 0 saturated heterocycles. The minimum atomic E-state index is -4.83. The maximum absolute atomic E-state index is 13.4. The van der Waals surface area contributed by atoms with Gasteiger partial charge in [0.1, 0.15) is 12.3 Å². The van der Waals surface area contributed by atoms with Crippen molar-refractivity contribution in [3.05, 3.63) is 83.4 Å². The Bertz CT molecular complexity index is 1270. The number of rotatable bonds is 8. The van der Waals surface area contributed by atoms with Gasteiger partial charge in [-0.25, -0.2) is 8.42 Å². The lowest BCUT2D eigenvalue weighted by molar-refractivity contribution is -0.137. The number of sulfonamides is 1. The normalized spacial score (nSPS) is 11.7. The summed E-state index contributed by atoms with van der Waals surface area (Å²) in [5, 5.41) is 1.96. The predicted octanol–water partition coefficient (Wildman–Crippen LogP) is 5.59. The van der Waals surface area contributed by atoms with E-state index in [2.05, 4.69) is 5.32 Å². The SMILES string of the molecule is CCOc1ccccc1NC(=O)CN(c1ccc(Cl)c(C(F)(F)F)c1)S(=O)(=O)c1ccccc1. The highest BCUT2D eigenvalue weighted by atomic mass is 35.5. The molecule has 0 saturated carbocycles. The third kappa shape index (κ3) is 5.81. The number of halogens is 4. The number of nitrogens with one attached hydrogen (secondary N) is 1. The highest BCUT2D eigenvalue weighted by molar-refractivity contribution is 7.92. The van der Waals surface area contributed by atoms with Crippen LogP contribution in [0.25, 0.3) is 0 Å². The van der Waals surface area contributed by atoms with Crippen LogP contribution in [0.5, 0.6) is 5.75 Å².